The molecule has 176 valence electrons. The van der Waals surface area contributed by atoms with Crippen molar-refractivity contribution in [3.63, 3.8) is 0 Å². The highest BCUT2D eigenvalue weighted by molar-refractivity contribution is 6.46. The predicted octanol–water partition coefficient (Wildman–Crippen LogP) is 4.81. The maximum Gasteiger partial charge on any atom is 0.295 e. The van der Waals surface area contributed by atoms with E-state index in [9.17, 15) is 14.7 Å². The summed E-state index contributed by atoms with van der Waals surface area (Å²) >= 11 is 6.07. The molecule has 2 aromatic rings. The lowest BCUT2D eigenvalue weighted by atomic mass is 9.94. The number of hydrogen-bond acceptors (Lipinski definition) is 5. The Bertz CT molecular complexity index is 1050. The van der Waals surface area contributed by atoms with Gasteiger partial charge in [0, 0.05) is 17.1 Å². The van der Waals surface area contributed by atoms with E-state index in [-0.39, 0.29) is 11.3 Å². The Kier molecular flexibility index (Phi) is 8.16. The molecule has 0 aliphatic carbocycles. The van der Waals surface area contributed by atoms with E-state index in [1.807, 2.05) is 38.9 Å². The number of rotatable bonds is 9. The van der Waals surface area contributed by atoms with Gasteiger partial charge in [-0.05, 0) is 81.9 Å². The fourth-order valence-corrected chi connectivity index (χ4v) is 4.14. The van der Waals surface area contributed by atoms with E-state index in [2.05, 4.69) is 0 Å². The van der Waals surface area contributed by atoms with Gasteiger partial charge in [0.05, 0.1) is 18.2 Å². The Balaban J connectivity index is 2.06. The number of nitrogens with zero attached hydrogens (tertiary/aromatic N) is 2. The van der Waals surface area contributed by atoms with Crippen LogP contribution in [0.25, 0.3) is 5.76 Å². The van der Waals surface area contributed by atoms with Crippen LogP contribution >= 0.6 is 11.6 Å². The fourth-order valence-electron chi connectivity index (χ4n) is 4.02. The van der Waals surface area contributed by atoms with Crippen LogP contribution in [0.4, 0.5) is 0 Å². The van der Waals surface area contributed by atoms with Gasteiger partial charge in [-0.3, -0.25) is 9.59 Å². The number of aryl methyl sites for hydroxylation is 1. The average Bonchev–Trinajstić information content (AvgIpc) is 3.02. The van der Waals surface area contributed by atoms with Gasteiger partial charge in [-0.25, -0.2) is 0 Å². The monoisotopic (exact) mass is 470 g/mol. The maximum absolute atomic E-state index is 13.1. The minimum Gasteiger partial charge on any atom is -0.507 e. The molecule has 1 aliphatic heterocycles. The second-order valence-corrected chi connectivity index (χ2v) is 8.96. The molecule has 7 heteroatoms. The molecule has 0 spiro atoms. The van der Waals surface area contributed by atoms with Gasteiger partial charge in [0.25, 0.3) is 11.7 Å². The molecule has 3 rings (SSSR count). The van der Waals surface area contributed by atoms with E-state index in [0.717, 1.165) is 24.1 Å². The van der Waals surface area contributed by atoms with Gasteiger partial charge in [0.2, 0.25) is 0 Å². The predicted molar refractivity (Wildman–Crippen MR) is 131 cm³/mol. The van der Waals surface area contributed by atoms with E-state index < -0.39 is 17.7 Å². The van der Waals surface area contributed by atoms with Crippen molar-refractivity contribution in [1.82, 2.24) is 9.80 Å². The number of carbonyl (C=O) groups excluding carboxylic acids is 2. The summed E-state index contributed by atoms with van der Waals surface area (Å²) < 4.78 is 5.67. The molecule has 0 aromatic heterocycles. The van der Waals surface area contributed by atoms with Crippen LogP contribution < -0.4 is 4.74 Å². The van der Waals surface area contributed by atoms with E-state index in [0.29, 0.717) is 35.9 Å². The standard InChI is InChI=1S/C26H31ClN2O4/c1-5-15-33-20-11-12-21(17(2)16-20)24(30)22-23(18-7-9-19(27)10-8-18)29(26(32)25(22)31)14-6-13-28(3)4/h7-12,16,23,30H,5-6,13-15H2,1-4H3/t23-/m1/s1. The number of ketones is 1. The van der Waals surface area contributed by atoms with Crippen LogP contribution in [-0.2, 0) is 9.59 Å². The number of ether oxygens (including phenoxy) is 1. The molecule has 2 aromatic carbocycles. The number of aliphatic hydroxyl groups is 1. The van der Waals surface area contributed by atoms with Crippen LogP contribution in [0, 0.1) is 6.92 Å². The second kappa shape index (κ2) is 10.9. The largest absolute Gasteiger partial charge is 0.507 e. The molecular formula is C26H31ClN2O4. The van der Waals surface area contributed by atoms with Gasteiger partial charge in [-0.15, -0.1) is 0 Å². The molecular weight excluding hydrogens is 440 g/mol. The number of aliphatic hydroxyl groups excluding tert-OH is 1. The number of carbonyl (C=O) groups is 2. The Labute approximate surface area is 200 Å². The second-order valence-electron chi connectivity index (χ2n) is 8.53. The fraction of sp³-hybridized carbons (Fsp3) is 0.385. The molecule has 1 atom stereocenters. The third-order valence-electron chi connectivity index (χ3n) is 5.66. The third kappa shape index (κ3) is 5.57. The number of halogens is 1. The van der Waals surface area contributed by atoms with Gasteiger partial charge in [-0.1, -0.05) is 30.7 Å². The van der Waals surface area contributed by atoms with Crippen LogP contribution in [0.5, 0.6) is 5.75 Å². The summed E-state index contributed by atoms with van der Waals surface area (Å²) in [6.07, 6.45) is 1.59. The van der Waals surface area contributed by atoms with Crippen molar-refractivity contribution in [3.8, 4) is 5.75 Å². The summed E-state index contributed by atoms with van der Waals surface area (Å²) in [5.41, 5.74) is 2.09. The number of likely N-dealkylation sites (tertiary alicyclic amines) is 1. The van der Waals surface area contributed by atoms with Crippen molar-refractivity contribution in [2.75, 3.05) is 33.8 Å². The minimum absolute atomic E-state index is 0.0949. The van der Waals surface area contributed by atoms with Crippen molar-refractivity contribution in [2.24, 2.45) is 0 Å². The molecule has 1 amide bonds. The first-order valence-corrected chi connectivity index (χ1v) is 11.5. The lowest BCUT2D eigenvalue weighted by Crippen LogP contribution is -2.32. The molecule has 1 fully saturated rings. The van der Waals surface area contributed by atoms with Crippen molar-refractivity contribution < 1.29 is 19.4 Å². The van der Waals surface area contributed by atoms with Crippen LogP contribution in [-0.4, -0.2) is 60.4 Å². The van der Waals surface area contributed by atoms with Gasteiger partial charge in [-0.2, -0.15) is 0 Å². The molecule has 0 unspecified atom stereocenters. The first-order valence-electron chi connectivity index (χ1n) is 11.2. The summed E-state index contributed by atoms with van der Waals surface area (Å²) in [6, 6.07) is 11.7. The zero-order chi connectivity index (χ0) is 24.1. The Hall–Kier alpha value is -2.83. The molecule has 33 heavy (non-hydrogen) atoms. The summed E-state index contributed by atoms with van der Waals surface area (Å²) in [6.45, 7) is 5.64. The number of Topliss-reactive ketones (excluding diaryl/α,β-unsaturated/α-hetero) is 1. The molecule has 1 N–H and O–H groups in total. The molecule has 0 saturated carbocycles. The number of hydrogen-bond donors (Lipinski definition) is 1. The lowest BCUT2D eigenvalue weighted by molar-refractivity contribution is -0.139. The molecule has 0 bridgehead atoms. The summed E-state index contributed by atoms with van der Waals surface area (Å²) in [5.74, 6) is -0.758. The average molecular weight is 471 g/mol. The third-order valence-corrected chi connectivity index (χ3v) is 5.91. The van der Waals surface area contributed by atoms with Gasteiger partial charge < -0.3 is 19.6 Å². The Morgan fingerprint density at radius 3 is 2.45 bits per heavy atom. The highest BCUT2D eigenvalue weighted by Gasteiger charge is 2.45. The van der Waals surface area contributed by atoms with Crippen molar-refractivity contribution in [3.05, 3.63) is 69.8 Å². The molecule has 1 aliphatic rings. The van der Waals surface area contributed by atoms with E-state index >= 15 is 0 Å². The highest BCUT2D eigenvalue weighted by atomic mass is 35.5. The Morgan fingerprint density at radius 1 is 1.15 bits per heavy atom. The zero-order valence-corrected chi connectivity index (χ0v) is 20.4. The van der Waals surface area contributed by atoms with Crippen molar-refractivity contribution in [2.45, 2.75) is 32.7 Å². The SMILES string of the molecule is CCCOc1ccc(C(O)=C2C(=O)C(=O)N(CCCN(C)C)[C@@H]2c2ccc(Cl)cc2)c(C)c1. The topological polar surface area (TPSA) is 70.1 Å². The minimum atomic E-state index is -0.681. The van der Waals surface area contributed by atoms with E-state index in [1.54, 1.807) is 41.3 Å². The normalized spacial score (nSPS) is 17.8. The molecule has 6 nitrogen and oxygen atoms in total. The summed E-state index contributed by atoms with van der Waals surface area (Å²) in [5, 5.41) is 11.8. The lowest BCUT2D eigenvalue weighted by Gasteiger charge is -2.26. The van der Waals surface area contributed by atoms with E-state index in [4.69, 9.17) is 16.3 Å². The molecule has 1 heterocycles. The van der Waals surface area contributed by atoms with Crippen LogP contribution in [0.15, 0.2) is 48.0 Å². The zero-order valence-electron chi connectivity index (χ0n) is 19.6. The van der Waals surface area contributed by atoms with E-state index in [1.165, 1.54) is 0 Å². The van der Waals surface area contributed by atoms with Crippen LogP contribution in [0.1, 0.15) is 42.5 Å². The summed E-state index contributed by atoms with van der Waals surface area (Å²) in [7, 11) is 3.92. The van der Waals surface area contributed by atoms with Gasteiger partial charge in [0.1, 0.15) is 11.5 Å². The van der Waals surface area contributed by atoms with Gasteiger partial charge >= 0.3 is 0 Å². The van der Waals surface area contributed by atoms with Crippen molar-refractivity contribution in [1.29, 1.82) is 0 Å². The number of benzene rings is 2. The maximum atomic E-state index is 13.1. The Morgan fingerprint density at radius 2 is 1.85 bits per heavy atom. The smallest absolute Gasteiger partial charge is 0.295 e. The van der Waals surface area contributed by atoms with Crippen LogP contribution in [0.3, 0.4) is 0 Å². The molecule has 0 radical (unpaired) electrons. The highest BCUT2D eigenvalue weighted by Crippen LogP contribution is 2.40. The first kappa shape index (κ1) is 24.8. The van der Waals surface area contributed by atoms with Gasteiger partial charge in [0.15, 0.2) is 0 Å². The first-order chi connectivity index (χ1) is 15.7. The van der Waals surface area contributed by atoms with Crippen LogP contribution in [0.2, 0.25) is 5.02 Å². The number of amides is 1. The van der Waals surface area contributed by atoms with Crippen molar-refractivity contribution >= 4 is 29.1 Å². The quantitative estimate of drug-likeness (QED) is 0.323. The summed E-state index contributed by atoms with van der Waals surface area (Å²) in [4.78, 5) is 29.7. The molecule has 1 saturated heterocycles.